The molecule has 0 aliphatic heterocycles. The van der Waals surface area contributed by atoms with Crippen molar-refractivity contribution in [3.05, 3.63) is 15.2 Å². The van der Waals surface area contributed by atoms with E-state index in [0.717, 1.165) is 9.47 Å². The fourth-order valence-corrected chi connectivity index (χ4v) is 1.70. The lowest BCUT2D eigenvalue weighted by molar-refractivity contribution is -0.114. The van der Waals surface area contributed by atoms with Gasteiger partial charge in [-0.25, -0.2) is 0 Å². The second-order valence-corrected chi connectivity index (χ2v) is 4.02. The maximum absolute atomic E-state index is 10.5. The van der Waals surface area contributed by atoms with Crippen LogP contribution in [-0.2, 0) is 4.79 Å². The van der Waals surface area contributed by atoms with Crippen molar-refractivity contribution in [2.45, 2.75) is 6.92 Å². The molecule has 0 spiro atoms. The van der Waals surface area contributed by atoms with Crippen molar-refractivity contribution in [2.24, 2.45) is 0 Å². The zero-order valence-corrected chi connectivity index (χ0v) is 7.75. The lowest BCUT2D eigenvalue weighted by Crippen LogP contribution is -2.04. The molecule has 0 atom stereocenters. The number of carbonyl (C=O) groups is 1. The highest BCUT2D eigenvalue weighted by atomic mass is 79.9. The van der Waals surface area contributed by atoms with Gasteiger partial charge >= 0.3 is 0 Å². The molecule has 0 aromatic carbocycles. The molecule has 0 unspecified atom stereocenters. The van der Waals surface area contributed by atoms with E-state index in [4.69, 9.17) is 0 Å². The number of thiophene rings is 1. The van der Waals surface area contributed by atoms with Crippen molar-refractivity contribution >= 4 is 38.9 Å². The standard InChI is InChI=1S/C6H6BrNOS/c1-4(9)8-5-2-3-10-6(5)7/h2-3H,1H3,(H,8,9). The minimum Gasteiger partial charge on any atom is -0.325 e. The van der Waals surface area contributed by atoms with E-state index < -0.39 is 0 Å². The van der Waals surface area contributed by atoms with Gasteiger partial charge in [-0.1, -0.05) is 0 Å². The number of hydrogen-bond acceptors (Lipinski definition) is 2. The Labute approximate surface area is 71.4 Å². The number of hydrogen-bond donors (Lipinski definition) is 1. The summed E-state index contributed by atoms with van der Waals surface area (Å²) in [4.78, 5) is 10.5. The summed E-state index contributed by atoms with van der Waals surface area (Å²) in [7, 11) is 0. The van der Waals surface area contributed by atoms with Crippen LogP contribution in [0.4, 0.5) is 5.69 Å². The van der Waals surface area contributed by atoms with E-state index in [1.54, 1.807) is 11.3 Å². The minimum absolute atomic E-state index is 0.0425. The van der Waals surface area contributed by atoms with Gasteiger partial charge in [-0.3, -0.25) is 4.79 Å². The van der Waals surface area contributed by atoms with Crippen LogP contribution in [0.15, 0.2) is 15.2 Å². The number of carbonyl (C=O) groups excluding carboxylic acids is 1. The largest absolute Gasteiger partial charge is 0.325 e. The Balaban J connectivity index is 2.74. The summed E-state index contributed by atoms with van der Waals surface area (Å²) >= 11 is 4.85. The van der Waals surface area contributed by atoms with Gasteiger partial charge in [0, 0.05) is 6.92 Å². The molecular weight excluding hydrogens is 214 g/mol. The minimum atomic E-state index is -0.0425. The molecule has 2 nitrogen and oxygen atoms in total. The SMILES string of the molecule is CC(=O)Nc1ccsc1Br. The van der Waals surface area contributed by atoms with Crippen molar-refractivity contribution < 1.29 is 4.79 Å². The summed E-state index contributed by atoms with van der Waals surface area (Å²) in [6.45, 7) is 1.49. The van der Waals surface area contributed by atoms with Gasteiger partial charge in [0.15, 0.2) is 0 Å². The maximum Gasteiger partial charge on any atom is 0.221 e. The molecule has 1 aromatic rings. The lowest BCUT2D eigenvalue weighted by atomic mass is 10.5. The first-order chi connectivity index (χ1) is 4.70. The number of anilines is 1. The molecule has 0 radical (unpaired) electrons. The van der Waals surface area contributed by atoms with Gasteiger partial charge in [0.1, 0.15) is 0 Å². The van der Waals surface area contributed by atoms with E-state index in [-0.39, 0.29) is 5.91 Å². The third kappa shape index (κ3) is 1.82. The van der Waals surface area contributed by atoms with Crippen molar-refractivity contribution in [1.82, 2.24) is 0 Å². The van der Waals surface area contributed by atoms with Crippen LogP contribution in [-0.4, -0.2) is 5.91 Å². The average molecular weight is 220 g/mol. The molecule has 0 saturated heterocycles. The van der Waals surface area contributed by atoms with Gasteiger partial charge in [0.25, 0.3) is 0 Å². The first-order valence-electron chi connectivity index (χ1n) is 2.70. The molecule has 0 aliphatic rings. The second-order valence-electron chi connectivity index (χ2n) is 1.79. The molecule has 1 aromatic heterocycles. The van der Waals surface area contributed by atoms with Gasteiger partial charge in [-0.15, -0.1) is 11.3 Å². The summed E-state index contributed by atoms with van der Waals surface area (Å²) in [5.41, 5.74) is 0.845. The quantitative estimate of drug-likeness (QED) is 0.773. The fraction of sp³-hybridized carbons (Fsp3) is 0.167. The number of nitrogens with one attached hydrogen (secondary N) is 1. The van der Waals surface area contributed by atoms with E-state index in [0.29, 0.717) is 0 Å². The van der Waals surface area contributed by atoms with Crippen molar-refractivity contribution in [3.8, 4) is 0 Å². The predicted molar refractivity (Wildman–Crippen MR) is 46.3 cm³/mol. The first-order valence-corrected chi connectivity index (χ1v) is 4.38. The smallest absolute Gasteiger partial charge is 0.221 e. The Kier molecular flexibility index (Phi) is 2.45. The fourth-order valence-electron chi connectivity index (χ4n) is 0.571. The number of rotatable bonds is 1. The first kappa shape index (κ1) is 7.75. The Morgan fingerprint density at radius 3 is 2.90 bits per heavy atom. The summed E-state index contributed by atoms with van der Waals surface area (Å²) in [6.07, 6.45) is 0. The Morgan fingerprint density at radius 1 is 1.80 bits per heavy atom. The molecule has 10 heavy (non-hydrogen) atoms. The van der Waals surface area contributed by atoms with Crippen LogP contribution in [0.25, 0.3) is 0 Å². The Morgan fingerprint density at radius 2 is 2.50 bits per heavy atom. The van der Waals surface area contributed by atoms with Gasteiger partial charge in [0.2, 0.25) is 5.91 Å². The molecule has 1 N–H and O–H groups in total. The van der Waals surface area contributed by atoms with Crippen LogP contribution in [0.2, 0.25) is 0 Å². The lowest BCUT2D eigenvalue weighted by Gasteiger charge is -1.96. The molecule has 1 heterocycles. The van der Waals surface area contributed by atoms with Crippen LogP contribution in [0.5, 0.6) is 0 Å². The van der Waals surface area contributed by atoms with Crippen LogP contribution < -0.4 is 5.32 Å². The monoisotopic (exact) mass is 219 g/mol. The molecule has 0 saturated carbocycles. The zero-order valence-electron chi connectivity index (χ0n) is 5.35. The van der Waals surface area contributed by atoms with Crippen LogP contribution in [0, 0.1) is 0 Å². The number of halogens is 1. The highest BCUT2D eigenvalue weighted by Crippen LogP contribution is 2.27. The third-order valence-electron chi connectivity index (χ3n) is 0.929. The molecule has 1 rings (SSSR count). The molecule has 0 aliphatic carbocycles. The van der Waals surface area contributed by atoms with E-state index in [2.05, 4.69) is 21.2 Å². The zero-order chi connectivity index (χ0) is 7.56. The average Bonchev–Trinajstić information content (AvgIpc) is 2.15. The summed E-state index contributed by atoms with van der Waals surface area (Å²) in [5, 5.41) is 4.59. The molecule has 0 fully saturated rings. The predicted octanol–water partition coefficient (Wildman–Crippen LogP) is 2.47. The molecule has 54 valence electrons. The summed E-state index contributed by atoms with van der Waals surface area (Å²) < 4.78 is 0.961. The van der Waals surface area contributed by atoms with Crippen molar-refractivity contribution in [3.63, 3.8) is 0 Å². The van der Waals surface area contributed by atoms with Crippen LogP contribution >= 0.6 is 27.3 Å². The Hall–Kier alpha value is -0.350. The van der Waals surface area contributed by atoms with Gasteiger partial charge in [0.05, 0.1) is 9.47 Å². The molecule has 1 amide bonds. The maximum atomic E-state index is 10.5. The topological polar surface area (TPSA) is 29.1 Å². The highest BCUT2D eigenvalue weighted by molar-refractivity contribution is 9.11. The summed E-state index contributed by atoms with van der Waals surface area (Å²) in [5.74, 6) is -0.0425. The molecular formula is C6H6BrNOS. The van der Waals surface area contributed by atoms with E-state index >= 15 is 0 Å². The van der Waals surface area contributed by atoms with Gasteiger partial charge in [-0.05, 0) is 27.4 Å². The third-order valence-corrected chi connectivity index (χ3v) is 2.62. The number of amides is 1. The molecule has 0 bridgehead atoms. The van der Waals surface area contributed by atoms with Crippen molar-refractivity contribution in [1.29, 1.82) is 0 Å². The van der Waals surface area contributed by atoms with Gasteiger partial charge < -0.3 is 5.32 Å². The van der Waals surface area contributed by atoms with E-state index in [1.165, 1.54) is 6.92 Å². The van der Waals surface area contributed by atoms with Gasteiger partial charge in [-0.2, -0.15) is 0 Å². The second kappa shape index (κ2) is 3.16. The normalized spacial score (nSPS) is 9.40. The van der Waals surface area contributed by atoms with Crippen molar-refractivity contribution in [2.75, 3.05) is 5.32 Å². The highest BCUT2D eigenvalue weighted by Gasteiger charge is 2.00. The van der Waals surface area contributed by atoms with Crippen LogP contribution in [0.3, 0.4) is 0 Å². The van der Waals surface area contributed by atoms with E-state index in [1.807, 2.05) is 11.4 Å². The molecule has 4 heteroatoms. The van der Waals surface area contributed by atoms with Crippen LogP contribution in [0.1, 0.15) is 6.92 Å². The van der Waals surface area contributed by atoms with E-state index in [9.17, 15) is 4.79 Å². The Bertz CT molecular complexity index is 246. The summed E-state index contributed by atoms with van der Waals surface area (Å²) in [6, 6.07) is 1.86.